The Morgan fingerprint density at radius 3 is 2.41 bits per heavy atom. The van der Waals surface area contributed by atoms with Crippen LogP contribution in [0.5, 0.6) is 11.6 Å². The second-order valence-corrected chi connectivity index (χ2v) is 8.10. The fourth-order valence-corrected chi connectivity index (χ4v) is 3.95. The zero-order valence-corrected chi connectivity index (χ0v) is 16.7. The third-order valence-electron chi connectivity index (χ3n) is 4.38. The minimum atomic E-state index is -3.93. The molecule has 148 valence electrons. The van der Waals surface area contributed by atoms with Crippen molar-refractivity contribution in [3.05, 3.63) is 84.6 Å². The number of benzene rings is 3. The molecule has 0 saturated carbocycles. The van der Waals surface area contributed by atoms with Crippen molar-refractivity contribution in [2.45, 2.75) is 18.4 Å². The lowest BCUT2D eigenvalue weighted by Gasteiger charge is -2.11. The predicted octanol–water partition coefficient (Wildman–Crippen LogP) is 4.19. The van der Waals surface area contributed by atoms with Gasteiger partial charge < -0.3 is 8.92 Å². The van der Waals surface area contributed by atoms with Gasteiger partial charge in [0.05, 0.1) is 12.2 Å². The monoisotopic (exact) mass is 408 g/mol. The molecule has 0 fully saturated rings. The van der Waals surface area contributed by atoms with E-state index in [1.165, 1.54) is 16.8 Å². The number of hydrogen-bond donors (Lipinski definition) is 0. The van der Waals surface area contributed by atoms with Crippen LogP contribution in [0.25, 0.3) is 10.8 Å². The normalized spacial score (nSPS) is 11.5. The van der Waals surface area contributed by atoms with Crippen LogP contribution < -0.4 is 8.92 Å². The Morgan fingerprint density at radius 2 is 1.62 bits per heavy atom. The van der Waals surface area contributed by atoms with Crippen molar-refractivity contribution in [2.24, 2.45) is 0 Å². The highest BCUT2D eigenvalue weighted by Gasteiger charge is 2.19. The molecule has 0 saturated heterocycles. The van der Waals surface area contributed by atoms with Gasteiger partial charge in [0.25, 0.3) is 0 Å². The van der Waals surface area contributed by atoms with Gasteiger partial charge in [-0.05, 0) is 42.0 Å². The highest BCUT2D eigenvalue weighted by molar-refractivity contribution is 7.87. The number of hydrogen-bond acceptors (Lipinski definition) is 5. The van der Waals surface area contributed by atoms with E-state index in [4.69, 9.17) is 8.92 Å². The zero-order chi connectivity index (χ0) is 20.3. The van der Waals surface area contributed by atoms with Gasteiger partial charge in [0.15, 0.2) is 0 Å². The first-order chi connectivity index (χ1) is 14.0. The highest BCUT2D eigenvalue weighted by Crippen LogP contribution is 2.22. The first-order valence-electron chi connectivity index (χ1n) is 9.17. The van der Waals surface area contributed by atoms with Crippen molar-refractivity contribution < 1.29 is 17.3 Å². The summed E-state index contributed by atoms with van der Waals surface area (Å²) in [6.07, 6.45) is 0. The van der Waals surface area contributed by atoms with Gasteiger partial charge in [-0.25, -0.2) is 4.68 Å². The number of rotatable bonds is 7. The zero-order valence-electron chi connectivity index (χ0n) is 15.9. The van der Waals surface area contributed by atoms with Crippen molar-refractivity contribution in [2.75, 3.05) is 6.61 Å². The molecule has 0 unspecified atom stereocenters. The maximum absolute atomic E-state index is 12.5. The van der Waals surface area contributed by atoms with Gasteiger partial charge >= 0.3 is 10.1 Å². The second-order valence-electron chi connectivity index (χ2n) is 6.56. The van der Waals surface area contributed by atoms with E-state index in [1.54, 1.807) is 31.2 Å². The van der Waals surface area contributed by atoms with Crippen LogP contribution in [0.3, 0.4) is 0 Å². The maximum atomic E-state index is 12.5. The molecule has 3 aromatic carbocycles. The third-order valence-corrected chi connectivity index (χ3v) is 5.62. The van der Waals surface area contributed by atoms with Crippen LogP contribution in [-0.4, -0.2) is 24.8 Å². The van der Waals surface area contributed by atoms with Crippen LogP contribution in [0.15, 0.2) is 83.8 Å². The predicted molar refractivity (Wildman–Crippen MR) is 111 cm³/mol. The molecule has 0 bridgehead atoms. The Labute approximate surface area is 169 Å². The van der Waals surface area contributed by atoms with E-state index in [-0.39, 0.29) is 10.8 Å². The largest absolute Gasteiger partial charge is 0.492 e. The summed E-state index contributed by atoms with van der Waals surface area (Å²) in [7, 11) is -3.93. The summed E-state index contributed by atoms with van der Waals surface area (Å²) in [4.78, 5) is 0.0952. The number of fused-ring (bicyclic) bond motifs is 1. The molecule has 0 N–H and O–H groups in total. The van der Waals surface area contributed by atoms with Crippen LogP contribution in [0, 0.1) is 6.92 Å². The van der Waals surface area contributed by atoms with E-state index < -0.39 is 10.1 Å². The lowest BCUT2D eigenvalue weighted by Crippen LogP contribution is -2.15. The minimum Gasteiger partial charge on any atom is -0.492 e. The maximum Gasteiger partial charge on any atom is 0.340 e. The van der Waals surface area contributed by atoms with Gasteiger partial charge in [0.1, 0.15) is 17.3 Å². The molecule has 1 aromatic heterocycles. The van der Waals surface area contributed by atoms with Crippen molar-refractivity contribution in [1.82, 2.24) is 9.78 Å². The number of aryl methyl sites for hydroxylation is 1. The highest BCUT2D eigenvalue weighted by atomic mass is 32.2. The number of ether oxygens (including phenoxy) is 1. The van der Waals surface area contributed by atoms with E-state index >= 15 is 0 Å². The average Bonchev–Trinajstić information content (AvgIpc) is 3.07. The molecule has 4 aromatic rings. The van der Waals surface area contributed by atoms with Gasteiger partial charge in [-0.2, -0.15) is 13.5 Å². The van der Waals surface area contributed by atoms with E-state index in [9.17, 15) is 8.42 Å². The Kier molecular flexibility index (Phi) is 5.22. The first kappa shape index (κ1) is 19.0. The van der Waals surface area contributed by atoms with Crippen molar-refractivity contribution in [3.8, 4) is 11.6 Å². The summed E-state index contributed by atoms with van der Waals surface area (Å²) >= 11 is 0. The summed E-state index contributed by atoms with van der Waals surface area (Å²) in [6.45, 7) is 2.45. The lowest BCUT2D eigenvalue weighted by molar-refractivity contribution is 0.284. The molecular formula is C22H20N2O4S. The SMILES string of the molecule is Cc1cc(OS(=O)(=O)c2ccccc2)n(CCOc2ccc3ccccc3c2)n1. The minimum absolute atomic E-state index is 0.0952. The molecule has 1 heterocycles. The Balaban J connectivity index is 1.45. The molecule has 0 aliphatic rings. The summed E-state index contributed by atoms with van der Waals surface area (Å²) in [5.74, 6) is 0.903. The van der Waals surface area contributed by atoms with Gasteiger partial charge in [-0.3, -0.25) is 0 Å². The van der Waals surface area contributed by atoms with E-state index in [2.05, 4.69) is 5.10 Å². The quantitative estimate of drug-likeness (QED) is 0.429. The topological polar surface area (TPSA) is 70.4 Å². The molecule has 4 rings (SSSR count). The van der Waals surface area contributed by atoms with Crippen LogP contribution >= 0.6 is 0 Å². The Hall–Kier alpha value is -3.32. The number of nitrogens with zero attached hydrogens (tertiary/aromatic N) is 2. The standard InChI is InChI=1S/C22H20N2O4S/c1-17-15-22(28-29(25,26)21-9-3-2-4-10-21)24(23-17)13-14-27-20-12-11-18-7-5-6-8-19(18)16-20/h2-12,15-16H,13-14H2,1H3. The van der Waals surface area contributed by atoms with Gasteiger partial charge in [-0.15, -0.1) is 0 Å². The summed E-state index contributed by atoms with van der Waals surface area (Å²) in [6, 6.07) is 23.6. The molecule has 29 heavy (non-hydrogen) atoms. The molecule has 0 aliphatic heterocycles. The van der Waals surface area contributed by atoms with Crippen LogP contribution in [0.2, 0.25) is 0 Å². The Bertz CT molecular complexity index is 1230. The molecule has 0 atom stereocenters. The molecule has 7 heteroatoms. The molecule has 0 amide bonds. The summed E-state index contributed by atoms with van der Waals surface area (Å²) in [5.41, 5.74) is 0.661. The van der Waals surface area contributed by atoms with Gasteiger partial charge in [0.2, 0.25) is 5.88 Å². The van der Waals surface area contributed by atoms with Crippen molar-refractivity contribution in [1.29, 1.82) is 0 Å². The lowest BCUT2D eigenvalue weighted by atomic mass is 10.1. The number of aromatic nitrogens is 2. The van der Waals surface area contributed by atoms with Crippen LogP contribution in [0.4, 0.5) is 0 Å². The fourth-order valence-electron chi connectivity index (χ4n) is 3.00. The average molecular weight is 408 g/mol. The molecular weight excluding hydrogens is 388 g/mol. The fraction of sp³-hybridized carbons (Fsp3) is 0.136. The molecule has 6 nitrogen and oxygen atoms in total. The van der Waals surface area contributed by atoms with E-state index in [0.717, 1.165) is 16.5 Å². The smallest absolute Gasteiger partial charge is 0.340 e. The van der Waals surface area contributed by atoms with Crippen LogP contribution in [-0.2, 0) is 16.7 Å². The van der Waals surface area contributed by atoms with E-state index in [0.29, 0.717) is 18.8 Å². The van der Waals surface area contributed by atoms with Gasteiger partial charge in [0, 0.05) is 6.07 Å². The second kappa shape index (κ2) is 7.97. The summed E-state index contributed by atoms with van der Waals surface area (Å²) in [5, 5.41) is 6.56. The van der Waals surface area contributed by atoms with Crippen molar-refractivity contribution >= 4 is 20.9 Å². The Morgan fingerprint density at radius 1 is 0.897 bits per heavy atom. The van der Waals surface area contributed by atoms with Crippen LogP contribution in [0.1, 0.15) is 5.69 Å². The van der Waals surface area contributed by atoms with Crippen molar-refractivity contribution in [3.63, 3.8) is 0 Å². The summed E-state index contributed by atoms with van der Waals surface area (Å²) < 4.78 is 37.6. The van der Waals surface area contributed by atoms with Gasteiger partial charge in [-0.1, -0.05) is 48.5 Å². The van der Waals surface area contributed by atoms with E-state index in [1.807, 2.05) is 42.5 Å². The molecule has 0 spiro atoms. The molecule has 0 radical (unpaired) electrons. The first-order valence-corrected chi connectivity index (χ1v) is 10.6. The third kappa shape index (κ3) is 4.41. The molecule has 0 aliphatic carbocycles.